The van der Waals surface area contributed by atoms with E-state index in [2.05, 4.69) is 25.7 Å². The van der Waals surface area contributed by atoms with Gasteiger partial charge >= 0.3 is 0 Å². The van der Waals surface area contributed by atoms with Crippen LogP contribution in [0, 0.1) is 0 Å². The molecule has 0 unspecified atom stereocenters. The predicted octanol–water partition coefficient (Wildman–Crippen LogP) is 3.24. The van der Waals surface area contributed by atoms with Crippen LogP contribution in [0.5, 0.6) is 23.0 Å². The zero-order chi connectivity index (χ0) is 26.2. The first-order valence-corrected chi connectivity index (χ1v) is 12.1. The van der Waals surface area contributed by atoms with Crippen molar-refractivity contribution in [2.75, 3.05) is 39.9 Å². The number of anilines is 1. The lowest BCUT2D eigenvalue weighted by Crippen LogP contribution is -2.35. The SMILES string of the molecule is COc1ccccc1NC(=O)c1ccc(-n2nnnc2[C@@H]2c3c(cc4c(c3OC)OCO4)CCN2C)cc1. The van der Waals surface area contributed by atoms with Crippen LogP contribution in [0.15, 0.2) is 54.6 Å². The maximum atomic E-state index is 12.9. The standard InChI is InChI=1S/C27H26N6O5/c1-32-13-12-17-14-21-24(38-15-37-21)25(36-3)22(17)23(32)26-29-30-31-33(26)18-10-8-16(9-11-18)27(34)28-19-6-4-5-7-20(19)35-2/h4-11,14,23H,12-13,15H2,1-3H3,(H,28,34)/t23-/m0/s1. The summed E-state index contributed by atoms with van der Waals surface area (Å²) in [4.78, 5) is 15.1. The van der Waals surface area contributed by atoms with Crippen LogP contribution in [-0.4, -0.2) is 65.6 Å². The number of hydrogen-bond acceptors (Lipinski definition) is 9. The second-order valence-corrected chi connectivity index (χ2v) is 9.00. The van der Waals surface area contributed by atoms with Crippen molar-refractivity contribution in [1.82, 2.24) is 25.1 Å². The third kappa shape index (κ3) is 3.97. The molecule has 0 radical (unpaired) electrons. The minimum atomic E-state index is -0.285. The van der Waals surface area contributed by atoms with Gasteiger partial charge in [0.05, 0.1) is 25.6 Å². The molecule has 38 heavy (non-hydrogen) atoms. The van der Waals surface area contributed by atoms with Gasteiger partial charge in [-0.1, -0.05) is 12.1 Å². The Hall–Kier alpha value is -4.64. The number of fused-ring (bicyclic) bond motifs is 2. The highest BCUT2D eigenvalue weighted by Crippen LogP contribution is 2.50. The second kappa shape index (κ2) is 9.67. The van der Waals surface area contributed by atoms with Crippen LogP contribution in [0.1, 0.15) is 33.4 Å². The number of methoxy groups -OCH3 is 2. The van der Waals surface area contributed by atoms with E-state index in [9.17, 15) is 4.79 Å². The van der Waals surface area contributed by atoms with Crippen molar-refractivity contribution < 1.29 is 23.7 Å². The molecule has 0 saturated carbocycles. The number of likely N-dealkylation sites (N-methyl/N-ethyl adjacent to an activating group) is 1. The number of carbonyl (C=O) groups is 1. The first-order chi connectivity index (χ1) is 18.6. The Morgan fingerprint density at radius 3 is 2.68 bits per heavy atom. The highest BCUT2D eigenvalue weighted by Gasteiger charge is 2.37. The summed E-state index contributed by atoms with van der Waals surface area (Å²) in [6, 6.07) is 16.1. The molecule has 0 spiro atoms. The number of nitrogens with one attached hydrogen (secondary N) is 1. The summed E-state index contributed by atoms with van der Waals surface area (Å²) in [6.45, 7) is 0.958. The maximum Gasteiger partial charge on any atom is 0.255 e. The zero-order valence-electron chi connectivity index (χ0n) is 21.2. The lowest BCUT2D eigenvalue weighted by Gasteiger charge is -2.34. The van der Waals surface area contributed by atoms with E-state index in [1.807, 2.05) is 37.4 Å². The van der Waals surface area contributed by atoms with Crippen molar-refractivity contribution in [3.8, 4) is 28.7 Å². The number of carbonyl (C=O) groups excluding carboxylic acids is 1. The Labute approximate surface area is 218 Å². The molecule has 194 valence electrons. The largest absolute Gasteiger partial charge is 0.495 e. The van der Waals surface area contributed by atoms with Gasteiger partial charge in [0.25, 0.3) is 5.91 Å². The van der Waals surface area contributed by atoms with Crippen LogP contribution in [0.2, 0.25) is 0 Å². The smallest absolute Gasteiger partial charge is 0.255 e. The highest BCUT2D eigenvalue weighted by atomic mass is 16.7. The van der Waals surface area contributed by atoms with Gasteiger partial charge in [-0.3, -0.25) is 9.69 Å². The van der Waals surface area contributed by atoms with Crippen LogP contribution < -0.4 is 24.3 Å². The molecule has 2 aliphatic rings. The summed E-state index contributed by atoms with van der Waals surface area (Å²) >= 11 is 0. The number of aromatic nitrogens is 4. The predicted molar refractivity (Wildman–Crippen MR) is 137 cm³/mol. The van der Waals surface area contributed by atoms with Gasteiger partial charge in [0.15, 0.2) is 17.3 Å². The van der Waals surface area contributed by atoms with Crippen molar-refractivity contribution in [3.63, 3.8) is 0 Å². The maximum absolute atomic E-state index is 12.9. The fraction of sp³-hybridized carbons (Fsp3) is 0.259. The van der Waals surface area contributed by atoms with Crippen molar-refractivity contribution in [2.45, 2.75) is 12.5 Å². The molecule has 1 atom stereocenters. The van der Waals surface area contributed by atoms with Gasteiger partial charge in [0.1, 0.15) is 11.8 Å². The van der Waals surface area contributed by atoms with Crippen molar-refractivity contribution in [1.29, 1.82) is 0 Å². The van der Waals surface area contributed by atoms with Crippen molar-refractivity contribution in [3.05, 3.63) is 77.1 Å². The molecule has 1 amide bonds. The number of ether oxygens (including phenoxy) is 4. The minimum absolute atomic E-state index is 0.157. The number of rotatable bonds is 6. The molecule has 3 heterocycles. The molecular formula is C27H26N6O5. The van der Waals surface area contributed by atoms with E-state index < -0.39 is 0 Å². The molecule has 0 aliphatic carbocycles. The zero-order valence-corrected chi connectivity index (χ0v) is 21.2. The van der Waals surface area contributed by atoms with Gasteiger partial charge in [0, 0.05) is 17.7 Å². The fourth-order valence-corrected chi connectivity index (χ4v) is 5.00. The lowest BCUT2D eigenvalue weighted by molar-refractivity contribution is 0.102. The normalized spacial score (nSPS) is 16.1. The van der Waals surface area contributed by atoms with Gasteiger partial charge in [-0.05, 0) is 71.9 Å². The number of benzene rings is 3. The second-order valence-electron chi connectivity index (χ2n) is 9.00. The summed E-state index contributed by atoms with van der Waals surface area (Å²) in [5.74, 6) is 2.87. The number of nitrogens with zero attached hydrogens (tertiary/aromatic N) is 5. The summed E-state index contributed by atoms with van der Waals surface area (Å²) in [5.41, 5.74) is 3.87. The molecule has 11 heteroatoms. The summed E-state index contributed by atoms with van der Waals surface area (Å²) in [6.07, 6.45) is 0.826. The highest BCUT2D eigenvalue weighted by molar-refractivity contribution is 6.05. The third-order valence-corrected chi connectivity index (χ3v) is 6.86. The third-order valence-electron chi connectivity index (χ3n) is 6.86. The Kier molecular flexibility index (Phi) is 6.04. The van der Waals surface area contributed by atoms with E-state index in [-0.39, 0.29) is 18.7 Å². The van der Waals surface area contributed by atoms with E-state index in [0.717, 1.165) is 29.8 Å². The average Bonchev–Trinajstić information content (AvgIpc) is 3.62. The van der Waals surface area contributed by atoms with E-state index in [1.165, 1.54) is 0 Å². The van der Waals surface area contributed by atoms with E-state index in [4.69, 9.17) is 18.9 Å². The number of tetrazole rings is 1. The van der Waals surface area contributed by atoms with Crippen molar-refractivity contribution >= 4 is 11.6 Å². The molecule has 11 nitrogen and oxygen atoms in total. The van der Waals surface area contributed by atoms with Crippen LogP contribution in [0.4, 0.5) is 5.69 Å². The topological polar surface area (TPSA) is 113 Å². The van der Waals surface area contributed by atoms with E-state index in [0.29, 0.717) is 40.1 Å². The van der Waals surface area contributed by atoms with Gasteiger partial charge in [-0.15, -0.1) is 5.10 Å². The molecule has 0 fully saturated rings. The van der Waals surface area contributed by atoms with Gasteiger partial charge in [-0.25, -0.2) is 0 Å². The molecule has 2 aliphatic heterocycles. The summed E-state index contributed by atoms with van der Waals surface area (Å²) in [7, 11) is 5.22. The molecule has 1 aromatic heterocycles. The average molecular weight is 515 g/mol. The Morgan fingerprint density at radius 1 is 1.08 bits per heavy atom. The molecular weight excluding hydrogens is 488 g/mol. The molecule has 0 bridgehead atoms. The fourth-order valence-electron chi connectivity index (χ4n) is 5.00. The molecule has 3 aromatic carbocycles. The minimum Gasteiger partial charge on any atom is -0.495 e. The van der Waals surface area contributed by atoms with Gasteiger partial charge in [-0.2, -0.15) is 4.68 Å². The van der Waals surface area contributed by atoms with E-state index >= 15 is 0 Å². The first kappa shape index (κ1) is 23.7. The quantitative estimate of drug-likeness (QED) is 0.414. The van der Waals surface area contributed by atoms with E-state index in [1.54, 1.807) is 43.2 Å². The summed E-state index contributed by atoms with van der Waals surface area (Å²) in [5, 5.41) is 15.6. The Morgan fingerprint density at radius 2 is 1.89 bits per heavy atom. The molecule has 1 N–H and O–H groups in total. The molecule has 4 aromatic rings. The molecule has 0 saturated heterocycles. The first-order valence-electron chi connectivity index (χ1n) is 12.1. The number of hydrogen-bond donors (Lipinski definition) is 1. The number of para-hydroxylation sites is 2. The van der Waals surface area contributed by atoms with Crippen LogP contribution in [-0.2, 0) is 6.42 Å². The van der Waals surface area contributed by atoms with Crippen molar-refractivity contribution in [2.24, 2.45) is 0 Å². The molecule has 6 rings (SSSR count). The van der Waals surface area contributed by atoms with Crippen LogP contribution >= 0.6 is 0 Å². The monoisotopic (exact) mass is 514 g/mol. The van der Waals surface area contributed by atoms with Crippen LogP contribution in [0.3, 0.4) is 0 Å². The van der Waals surface area contributed by atoms with Gasteiger partial charge in [0.2, 0.25) is 12.5 Å². The number of amides is 1. The Balaban J connectivity index is 1.33. The summed E-state index contributed by atoms with van der Waals surface area (Å²) < 4.78 is 24.2. The lowest BCUT2D eigenvalue weighted by atomic mass is 9.90. The Bertz CT molecular complexity index is 1500. The van der Waals surface area contributed by atoms with Crippen LogP contribution in [0.25, 0.3) is 5.69 Å². The van der Waals surface area contributed by atoms with Gasteiger partial charge < -0.3 is 24.3 Å².